The fourth-order valence-electron chi connectivity index (χ4n) is 1.49. The first-order valence-electron chi connectivity index (χ1n) is 4.78. The quantitative estimate of drug-likeness (QED) is 0.596. The summed E-state index contributed by atoms with van der Waals surface area (Å²) in [5.74, 6) is -0.572. The van der Waals surface area contributed by atoms with Crippen LogP contribution in [-0.2, 0) is 0 Å². The number of carbonyl (C=O) groups is 1. The van der Waals surface area contributed by atoms with E-state index in [1.807, 2.05) is 0 Å². The molecule has 0 spiro atoms. The summed E-state index contributed by atoms with van der Waals surface area (Å²) in [5, 5.41) is 0.805. The maximum Gasteiger partial charge on any atom is 0.169 e. The van der Waals surface area contributed by atoms with Crippen molar-refractivity contribution in [3.8, 4) is 11.1 Å². The Labute approximate surface area is 117 Å². The van der Waals surface area contributed by atoms with E-state index >= 15 is 0 Å². The molecule has 2 aromatic rings. The average Bonchev–Trinajstić information content (AvgIpc) is 2.34. The highest BCUT2D eigenvalue weighted by Gasteiger charge is 2.13. The van der Waals surface area contributed by atoms with Gasteiger partial charge in [0, 0.05) is 11.1 Å². The first kappa shape index (κ1) is 13.3. The Hall–Kier alpha value is -1.16. The molecular formula is C12H5Cl3FNO. The fourth-order valence-corrected chi connectivity index (χ4v) is 2.14. The van der Waals surface area contributed by atoms with Gasteiger partial charge >= 0.3 is 0 Å². The number of rotatable bonds is 2. The number of halogens is 4. The molecule has 0 radical (unpaired) electrons. The number of pyridine rings is 1. The molecular weight excluding hydrogens is 299 g/mol. The minimum atomic E-state index is -0.572. The predicted octanol–water partition coefficient (Wildman–Crippen LogP) is 4.66. The molecule has 0 aliphatic carbocycles. The third kappa shape index (κ3) is 2.48. The summed E-state index contributed by atoms with van der Waals surface area (Å²) in [6.45, 7) is 0. The monoisotopic (exact) mass is 303 g/mol. The lowest BCUT2D eigenvalue weighted by Crippen LogP contribution is -1.94. The second-order valence-electron chi connectivity index (χ2n) is 3.45. The summed E-state index contributed by atoms with van der Waals surface area (Å²) < 4.78 is 13.2. The molecule has 0 unspecified atom stereocenters. The number of benzene rings is 1. The van der Waals surface area contributed by atoms with Crippen molar-refractivity contribution in [2.24, 2.45) is 0 Å². The number of nitrogens with zero attached hydrogens (tertiary/aromatic N) is 1. The standard InChI is InChI=1S/C12H5Cl3FNO/c13-9-3-11(15)10(14)2-7(9)8-1-6(16)4-17-12(8)5-18/h1-5H. The Kier molecular flexibility index (Phi) is 3.85. The summed E-state index contributed by atoms with van der Waals surface area (Å²) in [6, 6.07) is 4.07. The molecule has 0 N–H and O–H groups in total. The summed E-state index contributed by atoms with van der Waals surface area (Å²) in [7, 11) is 0. The van der Waals surface area contributed by atoms with Gasteiger partial charge in [-0.15, -0.1) is 0 Å². The predicted molar refractivity (Wildman–Crippen MR) is 70.0 cm³/mol. The molecule has 1 heterocycles. The summed E-state index contributed by atoms with van der Waals surface area (Å²) >= 11 is 17.7. The van der Waals surface area contributed by atoms with E-state index in [0.29, 0.717) is 11.8 Å². The van der Waals surface area contributed by atoms with Crippen molar-refractivity contribution >= 4 is 41.1 Å². The van der Waals surface area contributed by atoms with E-state index in [2.05, 4.69) is 4.98 Å². The van der Waals surface area contributed by atoms with Gasteiger partial charge in [-0.2, -0.15) is 0 Å². The SMILES string of the molecule is O=Cc1ncc(F)cc1-c1cc(Cl)c(Cl)cc1Cl. The van der Waals surface area contributed by atoms with Crippen LogP contribution < -0.4 is 0 Å². The highest BCUT2D eigenvalue weighted by atomic mass is 35.5. The molecule has 2 rings (SSSR count). The van der Waals surface area contributed by atoms with E-state index in [1.54, 1.807) is 0 Å². The van der Waals surface area contributed by atoms with Gasteiger partial charge in [-0.1, -0.05) is 34.8 Å². The Morgan fingerprint density at radius 1 is 1.00 bits per heavy atom. The van der Waals surface area contributed by atoms with E-state index in [1.165, 1.54) is 18.2 Å². The molecule has 0 fully saturated rings. The van der Waals surface area contributed by atoms with Crippen LogP contribution in [0.4, 0.5) is 4.39 Å². The lowest BCUT2D eigenvalue weighted by Gasteiger charge is -2.08. The zero-order valence-electron chi connectivity index (χ0n) is 8.75. The lowest BCUT2D eigenvalue weighted by atomic mass is 10.0. The molecule has 92 valence electrons. The second kappa shape index (κ2) is 5.22. The van der Waals surface area contributed by atoms with Crippen LogP contribution in [-0.4, -0.2) is 11.3 Å². The van der Waals surface area contributed by atoms with Crippen LogP contribution in [0.3, 0.4) is 0 Å². The maximum atomic E-state index is 13.2. The van der Waals surface area contributed by atoms with E-state index < -0.39 is 5.82 Å². The van der Waals surface area contributed by atoms with Gasteiger partial charge in [-0.05, 0) is 18.2 Å². The molecule has 0 saturated carbocycles. The van der Waals surface area contributed by atoms with Gasteiger partial charge in [-0.3, -0.25) is 4.79 Å². The Balaban J connectivity index is 2.72. The van der Waals surface area contributed by atoms with Crippen molar-refractivity contribution in [1.29, 1.82) is 0 Å². The van der Waals surface area contributed by atoms with Gasteiger partial charge in [0.15, 0.2) is 6.29 Å². The van der Waals surface area contributed by atoms with Crippen molar-refractivity contribution in [3.63, 3.8) is 0 Å². The Morgan fingerprint density at radius 3 is 2.33 bits per heavy atom. The Morgan fingerprint density at radius 2 is 1.67 bits per heavy atom. The highest BCUT2D eigenvalue weighted by molar-refractivity contribution is 6.44. The minimum Gasteiger partial charge on any atom is -0.296 e. The third-order valence-corrected chi connectivity index (χ3v) is 3.33. The van der Waals surface area contributed by atoms with Crippen molar-refractivity contribution in [2.75, 3.05) is 0 Å². The molecule has 0 atom stereocenters. The average molecular weight is 305 g/mol. The molecule has 0 amide bonds. The van der Waals surface area contributed by atoms with Crippen molar-refractivity contribution in [2.45, 2.75) is 0 Å². The number of hydrogen-bond acceptors (Lipinski definition) is 2. The Bertz CT molecular complexity index is 631. The van der Waals surface area contributed by atoms with Crippen LogP contribution in [0.15, 0.2) is 24.4 Å². The largest absolute Gasteiger partial charge is 0.296 e. The minimum absolute atomic E-state index is 0.0803. The molecule has 0 saturated heterocycles. The molecule has 2 nitrogen and oxygen atoms in total. The van der Waals surface area contributed by atoms with Gasteiger partial charge in [-0.25, -0.2) is 9.37 Å². The van der Waals surface area contributed by atoms with Gasteiger partial charge in [0.1, 0.15) is 11.5 Å². The van der Waals surface area contributed by atoms with Crippen molar-refractivity contribution < 1.29 is 9.18 Å². The first-order chi connectivity index (χ1) is 8.52. The van der Waals surface area contributed by atoms with E-state index in [0.717, 1.165) is 6.20 Å². The van der Waals surface area contributed by atoms with Crippen molar-refractivity contribution in [3.05, 3.63) is 51.0 Å². The van der Waals surface area contributed by atoms with Crippen LogP contribution in [0, 0.1) is 5.82 Å². The molecule has 1 aromatic carbocycles. The molecule has 1 aromatic heterocycles. The molecule has 0 aliphatic heterocycles. The molecule has 18 heavy (non-hydrogen) atoms. The summed E-state index contributed by atoms with van der Waals surface area (Å²) in [6.07, 6.45) is 1.48. The number of aromatic nitrogens is 1. The number of aldehydes is 1. The smallest absolute Gasteiger partial charge is 0.169 e. The van der Waals surface area contributed by atoms with E-state index in [-0.39, 0.29) is 26.3 Å². The number of hydrogen-bond donors (Lipinski definition) is 0. The summed E-state index contributed by atoms with van der Waals surface area (Å²) in [5.41, 5.74) is 0.755. The zero-order chi connectivity index (χ0) is 13.3. The lowest BCUT2D eigenvalue weighted by molar-refractivity contribution is 0.111. The topological polar surface area (TPSA) is 30.0 Å². The van der Waals surface area contributed by atoms with Crippen LogP contribution in [0.5, 0.6) is 0 Å². The molecule has 6 heteroatoms. The van der Waals surface area contributed by atoms with Crippen LogP contribution in [0.25, 0.3) is 11.1 Å². The summed E-state index contributed by atoms with van der Waals surface area (Å²) in [4.78, 5) is 14.6. The third-order valence-electron chi connectivity index (χ3n) is 2.30. The maximum absolute atomic E-state index is 13.2. The molecule has 0 bridgehead atoms. The van der Waals surface area contributed by atoms with Gasteiger partial charge in [0.05, 0.1) is 21.3 Å². The number of carbonyl (C=O) groups excluding carboxylic acids is 1. The van der Waals surface area contributed by atoms with Crippen LogP contribution in [0.1, 0.15) is 10.5 Å². The van der Waals surface area contributed by atoms with Gasteiger partial charge in [0.2, 0.25) is 0 Å². The first-order valence-corrected chi connectivity index (χ1v) is 5.92. The zero-order valence-corrected chi connectivity index (χ0v) is 11.0. The van der Waals surface area contributed by atoms with E-state index in [9.17, 15) is 9.18 Å². The normalized spacial score (nSPS) is 10.4. The van der Waals surface area contributed by atoms with Crippen molar-refractivity contribution in [1.82, 2.24) is 4.98 Å². The van der Waals surface area contributed by atoms with Crippen LogP contribution >= 0.6 is 34.8 Å². The highest BCUT2D eigenvalue weighted by Crippen LogP contribution is 2.36. The van der Waals surface area contributed by atoms with E-state index in [4.69, 9.17) is 34.8 Å². The fraction of sp³-hybridized carbons (Fsp3) is 0. The van der Waals surface area contributed by atoms with Gasteiger partial charge < -0.3 is 0 Å². The van der Waals surface area contributed by atoms with Crippen LogP contribution in [0.2, 0.25) is 15.1 Å². The molecule has 0 aliphatic rings. The van der Waals surface area contributed by atoms with Gasteiger partial charge in [0.25, 0.3) is 0 Å². The second-order valence-corrected chi connectivity index (χ2v) is 4.67.